The molecule has 7 heteroatoms. The van der Waals surface area contributed by atoms with Crippen molar-refractivity contribution in [3.63, 3.8) is 0 Å². The van der Waals surface area contributed by atoms with Gasteiger partial charge in [0, 0.05) is 25.6 Å². The lowest BCUT2D eigenvalue weighted by Crippen LogP contribution is -2.40. The molecule has 3 rings (SSSR count). The van der Waals surface area contributed by atoms with Crippen LogP contribution in [0.15, 0.2) is 41.3 Å². The molecular weight excluding hydrogens is 340 g/mol. The average molecular weight is 364 g/mol. The number of nitrogens with one attached hydrogen (secondary N) is 1. The smallest absolute Gasteiger partial charge is 0.243 e. The highest BCUT2D eigenvalue weighted by atomic mass is 32.2. The van der Waals surface area contributed by atoms with Crippen molar-refractivity contribution in [2.45, 2.75) is 30.7 Å². The molecule has 0 unspecified atom stereocenters. The lowest BCUT2D eigenvalue weighted by Gasteiger charge is -2.26. The first-order valence-corrected chi connectivity index (χ1v) is 10.1. The van der Waals surface area contributed by atoms with Gasteiger partial charge in [-0.15, -0.1) is 0 Å². The Hall–Kier alpha value is -1.70. The van der Waals surface area contributed by atoms with Gasteiger partial charge >= 0.3 is 0 Å². The number of allylic oxidation sites excluding steroid dienone is 2. The summed E-state index contributed by atoms with van der Waals surface area (Å²) in [6.45, 7) is 2.04. The summed E-state index contributed by atoms with van der Waals surface area (Å²) in [5, 5.41) is 2.94. The summed E-state index contributed by atoms with van der Waals surface area (Å²) in [6, 6.07) is 6.73. The Kier molecular flexibility index (Phi) is 5.88. The molecule has 0 spiro atoms. The molecule has 1 saturated heterocycles. The second-order valence-electron chi connectivity index (χ2n) is 6.36. The summed E-state index contributed by atoms with van der Waals surface area (Å²) in [6.07, 6.45) is 6.80. The molecule has 0 saturated carbocycles. The number of nitrogens with zero attached hydrogens (tertiary/aromatic N) is 1. The van der Waals surface area contributed by atoms with E-state index in [1.807, 2.05) is 0 Å². The van der Waals surface area contributed by atoms with E-state index in [0.29, 0.717) is 32.8 Å². The van der Waals surface area contributed by atoms with Crippen molar-refractivity contribution in [1.29, 1.82) is 0 Å². The van der Waals surface area contributed by atoms with Crippen molar-refractivity contribution in [1.82, 2.24) is 9.62 Å². The third kappa shape index (κ3) is 4.48. The zero-order valence-corrected chi connectivity index (χ0v) is 15.0. The molecule has 1 heterocycles. The standard InChI is InChI=1S/C18H24N2O4S/c21-18(16-4-2-1-3-5-16)19-14-15-6-8-17(9-7-15)25(22,23)20-10-12-24-13-11-20/h1-2,6-9,16H,3-5,10-14H2,(H,19,21)/t16-/m0/s1. The summed E-state index contributed by atoms with van der Waals surface area (Å²) in [5.41, 5.74) is 0.889. The van der Waals surface area contributed by atoms with Crippen LogP contribution in [0.4, 0.5) is 0 Å². The van der Waals surface area contributed by atoms with Crippen LogP contribution >= 0.6 is 0 Å². The molecule has 6 nitrogen and oxygen atoms in total. The molecule has 1 aromatic carbocycles. The molecule has 1 fully saturated rings. The maximum Gasteiger partial charge on any atom is 0.243 e. The molecule has 1 amide bonds. The van der Waals surface area contributed by atoms with Crippen LogP contribution in [0.25, 0.3) is 0 Å². The average Bonchev–Trinajstić information content (AvgIpc) is 2.68. The third-order valence-corrected chi connectivity index (χ3v) is 6.55. The molecule has 136 valence electrons. The summed E-state index contributed by atoms with van der Waals surface area (Å²) < 4.78 is 31.8. The first kappa shape index (κ1) is 18.1. The number of hydrogen-bond acceptors (Lipinski definition) is 4. The van der Waals surface area contributed by atoms with Gasteiger partial charge in [-0.2, -0.15) is 4.31 Å². The van der Waals surface area contributed by atoms with E-state index in [1.165, 1.54) is 4.31 Å². The lowest BCUT2D eigenvalue weighted by molar-refractivity contribution is -0.125. The van der Waals surface area contributed by atoms with Crippen LogP contribution in [0.1, 0.15) is 24.8 Å². The van der Waals surface area contributed by atoms with Crippen LogP contribution in [-0.2, 0) is 26.1 Å². The monoisotopic (exact) mass is 364 g/mol. The van der Waals surface area contributed by atoms with E-state index in [1.54, 1.807) is 24.3 Å². The lowest BCUT2D eigenvalue weighted by atomic mass is 9.93. The SMILES string of the molecule is O=C(NCc1ccc(S(=O)(=O)N2CCOCC2)cc1)[C@H]1CC=CCC1. The number of carbonyl (C=O) groups is 1. The van der Waals surface area contributed by atoms with Crippen molar-refractivity contribution in [2.24, 2.45) is 5.92 Å². The Labute approximate surface area is 148 Å². The van der Waals surface area contributed by atoms with Crippen molar-refractivity contribution in [3.05, 3.63) is 42.0 Å². The van der Waals surface area contributed by atoms with E-state index in [2.05, 4.69) is 17.5 Å². The van der Waals surface area contributed by atoms with Gasteiger partial charge in [0.1, 0.15) is 0 Å². The summed E-state index contributed by atoms with van der Waals surface area (Å²) >= 11 is 0. The normalized spacial score (nSPS) is 21.8. The van der Waals surface area contributed by atoms with Crippen LogP contribution in [0.5, 0.6) is 0 Å². The number of sulfonamides is 1. The zero-order valence-electron chi connectivity index (χ0n) is 14.2. The van der Waals surface area contributed by atoms with Gasteiger partial charge < -0.3 is 10.1 Å². The number of carbonyl (C=O) groups excluding carboxylic acids is 1. The molecule has 0 bridgehead atoms. The Morgan fingerprint density at radius 2 is 1.88 bits per heavy atom. The van der Waals surface area contributed by atoms with Crippen LogP contribution in [0.3, 0.4) is 0 Å². The molecule has 1 aliphatic heterocycles. The molecule has 1 aliphatic carbocycles. The van der Waals surface area contributed by atoms with E-state index in [9.17, 15) is 13.2 Å². The Morgan fingerprint density at radius 1 is 1.16 bits per heavy atom. The minimum Gasteiger partial charge on any atom is -0.379 e. The summed E-state index contributed by atoms with van der Waals surface area (Å²) in [5.74, 6) is 0.111. The Bertz CT molecular complexity index is 722. The Balaban J connectivity index is 1.58. The van der Waals surface area contributed by atoms with Crippen molar-refractivity contribution in [3.8, 4) is 0 Å². The second kappa shape index (κ2) is 8.12. The highest BCUT2D eigenvalue weighted by Crippen LogP contribution is 2.19. The minimum atomic E-state index is -3.47. The van der Waals surface area contributed by atoms with Gasteiger partial charge in [-0.05, 0) is 37.0 Å². The molecular formula is C18H24N2O4S. The topological polar surface area (TPSA) is 75.7 Å². The number of ether oxygens (including phenoxy) is 1. The predicted molar refractivity (Wildman–Crippen MR) is 94.3 cm³/mol. The van der Waals surface area contributed by atoms with Gasteiger partial charge in [0.25, 0.3) is 0 Å². The second-order valence-corrected chi connectivity index (χ2v) is 8.30. The van der Waals surface area contributed by atoms with E-state index in [-0.39, 0.29) is 16.7 Å². The van der Waals surface area contributed by atoms with Crippen LogP contribution < -0.4 is 5.32 Å². The van der Waals surface area contributed by atoms with Gasteiger partial charge in [0.05, 0.1) is 18.1 Å². The molecule has 1 atom stereocenters. The fraction of sp³-hybridized carbons (Fsp3) is 0.500. The number of hydrogen-bond donors (Lipinski definition) is 1. The minimum absolute atomic E-state index is 0.0472. The predicted octanol–water partition coefficient (Wildman–Crippen LogP) is 1.68. The largest absolute Gasteiger partial charge is 0.379 e. The van der Waals surface area contributed by atoms with E-state index < -0.39 is 10.0 Å². The van der Waals surface area contributed by atoms with E-state index >= 15 is 0 Å². The van der Waals surface area contributed by atoms with Gasteiger partial charge in [-0.3, -0.25) is 4.79 Å². The summed E-state index contributed by atoms with van der Waals surface area (Å²) in [7, 11) is -3.47. The molecule has 0 aromatic heterocycles. The van der Waals surface area contributed by atoms with Gasteiger partial charge in [-0.1, -0.05) is 24.3 Å². The fourth-order valence-electron chi connectivity index (χ4n) is 3.08. The van der Waals surface area contributed by atoms with E-state index in [0.717, 1.165) is 24.8 Å². The maximum absolute atomic E-state index is 12.6. The zero-order chi connectivity index (χ0) is 17.7. The molecule has 1 N–H and O–H groups in total. The highest BCUT2D eigenvalue weighted by molar-refractivity contribution is 7.89. The van der Waals surface area contributed by atoms with Gasteiger partial charge in [0.15, 0.2) is 0 Å². The van der Waals surface area contributed by atoms with Crippen LogP contribution in [0, 0.1) is 5.92 Å². The number of amides is 1. The third-order valence-electron chi connectivity index (χ3n) is 4.64. The Morgan fingerprint density at radius 3 is 2.52 bits per heavy atom. The molecule has 25 heavy (non-hydrogen) atoms. The van der Waals surface area contributed by atoms with Gasteiger partial charge in [0.2, 0.25) is 15.9 Å². The molecule has 1 aromatic rings. The highest BCUT2D eigenvalue weighted by Gasteiger charge is 2.26. The number of benzene rings is 1. The first-order chi connectivity index (χ1) is 12.1. The number of morpholine rings is 1. The van der Waals surface area contributed by atoms with Gasteiger partial charge in [-0.25, -0.2) is 8.42 Å². The maximum atomic E-state index is 12.6. The van der Waals surface area contributed by atoms with Crippen molar-refractivity contribution >= 4 is 15.9 Å². The van der Waals surface area contributed by atoms with Crippen LogP contribution in [0.2, 0.25) is 0 Å². The summed E-state index contributed by atoms with van der Waals surface area (Å²) in [4.78, 5) is 12.4. The van der Waals surface area contributed by atoms with Crippen molar-refractivity contribution < 1.29 is 17.9 Å². The molecule has 2 aliphatic rings. The first-order valence-electron chi connectivity index (χ1n) is 8.67. The number of rotatable bonds is 5. The van der Waals surface area contributed by atoms with E-state index in [4.69, 9.17) is 4.74 Å². The molecule has 0 radical (unpaired) electrons. The quantitative estimate of drug-likeness (QED) is 0.807. The van der Waals surface area contributed by atoms with Crippen LogP contribution in [-0.4, -0.2) is 44.9 Å². The fourth-order valence-corrected chi connectivity index (χ4v) is 4.49. The van der Waals surface area contributed by atoms with Crippen molar-refractivity contribution in [2.75, 3.05) is 26.3 Å².